The average Bonchev–Trinajstić information content (AvgIpc) is 2.46. The highest BCUT2D eigenvalue weighted by Gasteiger charge is 2.31. The van der Waals surface area contributed by atoms with Crippen molar-refractivity contribution in [3.05, 3.63) is 35.9 Å². The van der Waals surface area contributed by atoms with Crippen molar-refractivity contribution in [1.29, 1.82) is 0 Å². The molecule has 1 amide bonds. The number of halogens is 1. The summed E-state index contributed by atoms with van der Waals surface area (Å²) in [5.41, 5.74) is 7.11. The zero-order valence-electron chi connectivity index (χ0n) is 12.3. The van der Waals surface area contributed by atoms with Crippen LogP contribution in [-0.2, 0) is 4.79 Å². The Morgan fingerprint density at radius 3 is 2.60 bits per heavy atom. The molecule has 2 rings (SSSR count). The van der Waals surface area contributed by atoms with Crippen molar-refractivity contribution >= 4 is 18.3 Å². The van der Waals surface area contributed by atoms with Gasteiger partial charge in [-0.1, -0.05) is 43.7 Å². The normalized spacial score (nSPS) is 23.9. The molecule has 0 saturated carbocycles. The molecule has 2 N–H and O–H groups in total. The minimum atomic E-state index is -0.384. The lowest BCUT2D eigenvalue weighted by molar-refractivity contribution is -0.134. The lowest BCUT2D eigenvalue weighted by Gasteiger charge is -2.39. The van der Waals surface area contributed by atoms with E-state index in [1.807, 2.05) is 4.90 Å². The molecule has 1 aliphatic heterocycles. The quantitative estimate of drug-likeness (QED) is 0.932. The van der Waals surface area contributed by atoms with Crippen molar-refractivity contribution in [1.82, 2.24) is 4.90 Å². The SMILES string of the molecule is CCC1CN(C(=O)[C@H](C)N)CCC1c1ccccc1.Cl. The minimum Gasteiger partial charge on any atom is -0.341 e. The van der Waals surface area contributed by atoms with Crippen molar-refractivity contribution in [3.63, 3.8) is 0 Å². The minimum absolute atomic E-state index is 0. The Morgan fingerprint density at radius 2 is 2.05 bits per heavy atom. The van der Waals surface area contributed by atoms with Crippen LogP contribution in [0.3, 0.4) is 0 Å². The number of hydrogen-bond acceptors (Lipinski definition) is 2. The van der Waals surface area contributed by atoms with Crippen LogP contribution in [0.5, 0.6) is 0 Å². The molecule has 0 aliphatic carbocycles. The molecule has 1 aliphatic rings. The summed E-state index contributed by atoms with van der Waals surface area (Å²) >= 11 is 0. The van der Waals surface area contributed by atoms with E-state index in [0.29, 0.717) is 11.8 Å². The van der Waals surface area contributed by atoms with Crippen LogP contribution < -0.4 is 5.73 Å². The number of rotatable bonds is 3. The zero-order chi connectivity index (χ0) is 13.8. The monoisotopic (exact) mass is 296 g/mol. The highest BCUT2D eigenvalue weighted by molar-refractivity contribution is 5.85. The first-order valence-corrected chi connectivity index (χ1v) is 7.22. The number of carbonyl (C=O) groups is 1. The first kappa shape index (κ1) is 17.0. The maximum absolute atomic E-state index is 12.0. The van der Waals surface area contributed by atoms with Gasteiger partial charge < -0.3 is 10.6 Å². The number of likely N-dealkylation sites (tertiary alicyclic amines) is 1. The second kappa shape index (κ2) is 7.65. The van der Waals surface area contributed by atoms with Gasteiger partial charge in [0.15, 0.2) is 0 Å². The predicted molar refractivity (Wildman–Crippen MR) is 85.1 cm³/mol. The van der Waals surface area contributed by atoms with Crippen LogP contribution in [-0.4, -0.2) is 29.9 Å². The van der Waals surface area contributed by atoms with E-state index in [1.54, 1.807) is 6.92 Å². The van der Waals surface area contributed by atoms with Gasteiger partial charge in [-0.25, -0.2) is 0 Å². The molecular weight excluding hydrogens is 272 g/mol. The molecule has 2 unspecified atom stereocenters. The first-order chi connectivity index (χ1) is 9.13. The Balaban J connectivity index is 0.00000200. The Kier molecular flexibility index (Phi) is 6.50. The van der Waals surface area contributed by atoms with Gasteiger partial charge in [-0.2, -0.15) is 0 Å². The number of carbonyl (C=O) groups excluding carboxylic acids is 1. The molecule has 3 nitrogen and oxygen atoms in total. The Hall–Kier alpha value is -1.06. The van der Waals surface area contributed by atoms with Crippen molar-refractivity contribution in [2.24, 2.45) is 11.7 Å². The second-order valence-corrected chi connectivity index (χ2v) is 5.55. The molecule has 0 spiro atoms. The Bertz CT molecular complexity index is 422. The first-order valence-electron chi connectivity index (χ1n) is 7.22. The second-order valence-electron chi connectivity index (χ2n) is 5.55. The van der Waals surface area contributed by atoms with Gasteiger partial charge in [-0.05, 0) is 30.7 Å². The lowest BCUT2D eigenvalue weighted by atomic mass is 9.79. The molecule has 4 heteroatoms. The summed E-state index contributed by atoms with van der Waals surface area (Å²) in [7, 11) is 0. The number of amides is 1. The summed E-state index contributed by atoms with van der Waals surface area (Å²) in [4.78, 5) is 13.9. The van der Waals surface area contributed by atoms with E-state index in [2.05, 4.69) is 37.3 Å². The third-order valence-electron chi connectivity index (χ3n) is 4.19. The molecule has 1 saturated heterocycles. The fourth-order valence-corrected chi connectivity index (χ4v) is 3.07. The zero-order valence-corrected chi connectivity index (χ0v) is 13.1. The molecule has 112 valence electrons. The predicted octanol–water partition coefficient (Wildman–Crippen LogP) is 2.80. The molecule has 1 aromatic carbocycles. The number of nitrogens with zero attached hydrogens (tertiary/aromatic N) is 1. The van der Waals surface area contributed by atoms with Crippen molar-refractivity contribution in [3.8, 4) is 0 Å². The van der Waals surface area contributed by atoms with Crippen LogP contribution in [0, 0.1) is 5.92 Å². The summed E-state index contributed by atoms with van der Waals surface area (Å²) in [5.74, 6) is 1.20. The molecule has 1 heterocycles. The van der Waals surface area contributed by atoms with Crippen LogP contribution >= 0.6 is 12.4 Å². The third-order valence-corrected chi connectivity index (χ3v) is 4.19. The van der Waals surface area contributed by atoms with Gasteiger partial charge >= 0.3 is 0 Å². The number of benzene rings is 1. The maximum atomic E-state index is 12.0. The summed E-state index contributed by atoms with van der Waals surface area (Å²) in [6.45, 7) is 5.65. The van der Waals surface area contributed by atoms with Gasteiger partial charge in [0, 0.05) is 13.1 Å². The van der Waals surface area contributed by atoms with E-state index in [9.17, 15) is 4.79 Å². The Labute approximate surface area is 127 Å². The average molecular weight is 297 g/mol. The van der Waals surface area contributed by atoms with Crippen LogP contribution in [0.1, 0.15) is 38.2 Å². The third kappa shape index (κ3) is 3.74. The van der Waals surface area contributed by atoms with Crippen LogP contribution in [0.4, 0.5) is 0 Å². The molecule has 20 heavy (non-hydrogen) atoms. The molecule has 1 aromatic rings. The molecule has 3 atom stereocenters. The largest absolute Gasteiger partial charge is 0.341 e. The molecule has 0 radical (unpaired) electrons. The number of piperidine rings is 1. The summed E-state index contributed by atoms with van der Waals surface area (Å²) in [6.07, 6.45) is 2.14. The summed E-state index contributed by atoms with van der Waals surface area (Å²) in [5, 5.41) is 0. The molecule has 0 aromatic heterocycles. The lowest BCUT2D eigenvalue weighted by Crippen LogP contribution is -2.48. The number of nitrogens with two attached hydrogens (primary N) is 1. The molecule has 1 fully saturated rings. The molecule has 0 bridgehead atoms. The topological polar surface area (TPSA) is 46.3 Å². The summed E-state index contributed by atoms with van der Waals surface area (Å²) < 4.78 is 0. The van der Waals surface area contributed by atoms with E-state index in [1.165, 1.54) is 5.56 Å². The highest BCUT2D eigenvalue weighted by Crippen LogP contribution is 2.34. The Morgan fingerprint density at radius 1 is 1.40 bits per heavy atom. The fraction of sp³-hybridized carbons (Fsp3) is 0.562. The van der Waals surface area contributed by atoms with Gasteiger partial charge in [0.1, 0.15) is 0 Å². The van der Waals surface area contributed by atoms with Crippen LogP contribution in [0.15, 0.2) is 30.3 Å². The van der Waals surface area contributed by atoms with Crippen LogP contribution in [0.2, 0.25) is 0 Å². The van der Waals surface area contributed by atoms with Crippen molar-refractivity contribution < 1.29 is 4.79 Å². The molecular formula is C16H25ClN2O. The van der Waals surface area contributed by atoms with E-state index < -0.39 is 0 Å². The van der Waals surface area contributed by atoms with E-state index in [4.69, 9.17) is 5.73 Å². The van der Waals surface area contributed by atoms with Crippen molar-refractivity contribution in [2.45, 2.75) is 38.6 Å². The summed E-state index contributed by atoms with van der Waals surface area (Å²) in [6, 6.07) is 10.3. The van der Waals surface area contributed by atoms with E-state index in [0.717, 1.165) is 25.9 Å². The maximum Gasteiger partial charge on any atom is 0.239 e. The van der Waals surface area contributed by atoms with Gasteiger partial charge in [0.2, 0.25) is 5.91 Å². The number of hydrogen-bond donors (Lipinski definition) is 1. The van der Waals surface area contributed by atoms with Gasteiger partial charge in [-0.15, -0.1) is 12.4 Å². The van der Waals surface area contributed by atoms with Crippen LogP contribution in [0.25, 0.3) is 0 Å². The van der Waals surface area contributed by atoms with Gasteiger partial charge in [0.25, 0.3) is 0 Å². The van der Waals surface area contributed by atoms with E-state index >= 15 is 0 Å². The smallest absolute Gasteiger partial charge is 0.239 e. The standard InChI is InChI=1S/C16H24N2O.ClH/c1-3-13-11-18(16(19)12(2)17)10-9-15(13)14-7-5-4-6-8-14;/h4-8,12-13,15H,3,9-11,17H2,1-2H3;1H/t12-,13?,15?;/m0./s1. The van der Waals surface area contributed by atoms with Gasteiger partial charge in [-0.3, -0.25) is 4.79 Å². The highest BCUT2D eigenvalue weighted by atomic mass is 35.5. The van der Waals surface area contributed by atoms with E-state index in [-0.39, 0.29) is 24.4 Å². The fourth-order valence-electron chi connectivity index (χ4n) is 3.07. The van der Waals surface area contributed by atoms with Gasteiger partial charge in [0.05, 0.1) is 6.04 Å². The van der Waals surface area contributed by atoms with Crippen molar-refractivity contribution in [2.75, 3.05) is 13.1 Å².